The highest BCUT2D eigenvalue weighted by atomic mass is 35.5. The summed E-state index contributed by atoms with van der Waals surface area (Å²) >= 11 is 5.97. The third-order valence-corrected chi connectivity index (χ3v) is 4.34. The summed E-state index contributed by atoms with van der Waals surface area (Å²) < 4.78 is 1.72. The molecule has 2 aromatic carbocycles. The fourth-order valence-corrected chi connectivity index (χ4v) is 2.88. The largest absolute Gasteiger partial charge is 0.507 e. The maximum atomic E-state index is 11.8. The summed E-state index contributed by atoms with van der Waals surface area (Å²) in [6, 6.07) is 13.8. The molecule has 0 saturated heterocycles. The minimum Gasteiger partial charge on any atom is -0.507 e. The van der Waals surface area contributed by atoms with E-state index in [-0.39, 0.29) is 16.5 Å². The van der Waals surface area contributed by atoms with Crippen molar-refractivity contribution in [3.63, 3.8) is 0 Å². The molecule has 4 N–H and O–H groups in total. The van der Waals surface area contributed by atoms with Gasteiger partial charge >= 0.3 is 0 Å². The molecular formula is C19H17ClN2O3. The van der Waals surface area contributed by atoms with Crippen molar-refractivity contribution in [1.82, 2.24) is 4.57 Å². The molecule has 0 aliphatic rings. The molecule has 0 atom stereocenters. The second-order valence-electron chi connectivity index (χ2n) is 5.86. The summed E-state index contributed by atoms with van der Waals surface area (Å²) in [4.78, 5) is 11.8. The molecule has 0 spiro atoms. The normalized spacial score (nSPS) is 10.8. The quantitative estimate of drug-likeness (QED) is 0.666. The number of aromatic nitrogens is 1. The van der Waals surface area contributed by atoms with Crippen LogP contribution in [0.5, 0.6) is 11.5 Å². The smallest absolute Gasteiger partial charge is 0.265 e. The average molecular weight is 357 g/mol. The SMILES string of the molecule is Cc1ccc(Cn2c(C(N)=O)ccc2-c2cc(Cl)c(O)cc2O)cc1. The summed E-state index contributed by atoms with van der Waals surface area (Å²) in [6.07, 6.45) is 0. The molecule has 5 nitrogen and oxygen atoms in total. The summed E-state index contributed by atoms with van der Waals surface area (Å²) in [5.74, 6) is -0.918. The second kappa shape index (κ2) is 6.53. The molecule has 3 aromatic rings. The van der Waals surface area contributed by atoms with Crippen molar-refractivity contribution in [2.45, 2.75) is 13.5 Å². The Labute approximate surface area is 149 Å². The molecule has 25 heavy (non-hydrogen) atoms. The lowest BCUT2D eigenvalue weighted by Crippen LogP contribution is -2.18. The third kappa shape index (κ3) is 3.32. The number of amides is 1. The predicted octanol–water partition coefficient (Wildman–Crippen LogP) is 3.68. The van der Waals surface area contributed by atoms with Gasteiger partial charge in [0, 0.05) is 18.2 Å². The zero-order valence-electron chi connectivity index (χ0n) is 13.5. The minimum absolute atomic E-state index is 0.108. The lowest BCUT2D eigenvalue weighted by atomic mass is 10.1. The van der Waals surface area contributed by atoms with Crippen molar-refractivity contribution in [2.75, 3.05) is 0 Å². The van der Waals surface area contributed by atoms with Crippen LogP contribution in [0.3, 0.4) is 0 Å². The van der Waals surface area contributed by atoms with Crippen LogP contribution in [-0.2, 0) is 6.54 Å². The van der Waals surface area contributed by atoms with Gasteiger partial charge in [0.15, 0.2) is 0 Å². The van der Waals surface area contributed by atoms with Gasteiger partial charge in [0.2, 0.25) is 0 Å². The Morgan fingerprint density at radius 3 is 2.40 bits per heavy atom. The van der Waals surface area contributed by atoms with Gasteiger partial charge in [-0.05, 0) is 30.7 Å². The van der Waals surface area contributed by atoms with Crippen LogP contribution in [-0.4, -0.2) is 20.7 Å². The van der Waals surface area contributed by atoms with Gasteiger partial charge in [-0.2, -0.15) is 0 Å². The number of primary amides is 1. The minimum atomic E-state index is -0.567. The van der Waals surface area contributed by atoms with Crippen LogP contribution in [0.1, 0.15) is 21.6 Å². The Morgan fingerprint density at radius 2 is 1.76 bits per heavy atom. The van der Waals surface area contributed by atoms with Crippen molar-refractivity contribution in [3.8, 4) is 22.8 Å². The Kier molecular flexibility index (Phi) is 4.42. The monoisotopic (exact) mass is 356 g/mol. The number of carbonyl (C=O) groups excluding carboxylic acids is 1. The molecule has 0 bridgehead atoms. The van der Waals surface area contributed by atoms with E-state index in [1.807, 2.05) is 31.2 Å². The summed E-state index contributed by atoms with van der Waals surface area (Å²) in [5, 5.41) is 19.9. The molecule has 0 fully saturated rings. The average Bonchev–Trinajstić information content (AvgIpc) is 2.96. The van der Waals surface area contributed by atoms with E-state index >= 15 is 0 Å². The van der Waals surface area contributed by atoms with E-state index < -0.39 is 5.91 Å². The Hall–Kier alpha value is -2.92. The molecule has 128 valence electrons. The zero-order valence-corrected chi connectivity index (χ0v) is 14.3. The van der Waals surface area contributed by atoms with Gasteiger partial charge in [-0.15, -0.1) is 0 Å². The lowest BCUT2D eigenvalue weighted by Gasteiger charge is -2.14. The van der Waals surface area contributed by atoms with E-state index in [1.54, 1.807) is 16.7 Å². The zero-order chi connectivity index (χ0) is 18.1. The Morgan fingerprint density at radius 1 is 1.08 bits per heavy atom. The van der Waals surface area contributed by atoms with Crippen LogP contribution in [0, 0.1) is 6.92 Å². The maximum absolute atomic E-state index is 11.8. The highest BCUT2D eigenvalue weighted by Gasteiger charge is 2.18. The van der Waals surface area contributed by atoms with Gasteiger partial charge < -0.3 is 20.5 Å². The molecular weight excluding hydrogens is 340 g/mol. The third-order valence-electron chi connectivity index (χ3n) is 4.04. The number of nitrogens with zero attached hydrogens (tertiary/aromatic N) is 1. The number of nitrogens with two attached hydrogens (primary N) is 1. The first-order chi connectivity index (χ1) is 11.9. The number of hydrogen-bond donors (Lipinski definition) is 3. The molecule has 1 amide bonds. The first-order valence-electron chi connectivity index (χ1n) is 7.63. The number of rotatable bonds is 4. The van der Waals surface area contributed by atoms with Gasteiger partial charge in [-0.25, -0.2) is 0 Å². The molecule has 0 saturated carbocycles. The lowest BCUT2D eigenvalue weighted by molar-refractivity contribution is 0.0992. The molecule has 1 aromatic heterocycles. The maximum Gasteiger partial charge on any atom is 0.265 e. The molecule has 3 rings (SSSR count). The van der Waals surface area contributed by atoms with Crippen LogP contribution in [0.15, 0.2) is 48.5 Å². The number of phenolic OH excluding ortho intramolecular Hbond substituents is 2. The molecule has 0 unspecified atom stereocenters. The van der Waals surface area contributed by atoms with Gasteiger partial charge in [-0.3, -0.25) is 4.79 Å². The number of phenols is 2. The summed E-state index contributed by atoms with van der Waals surface area (Å²) in [6.45, 7) is 2.40. The highest BCUT2D eigenvalue weighted by molar-refractivity contribution is 6.32. The van der Waals surface area contributed by atoms with Crippen molar-refractivity contribution >= 4 is 17.5 Å². The van der Waals surface area contributed by atoms with Gasteiger partial charge in [0.05, 0.1) is 10.7 Å². The van der Waals surface area contributed by atoms with Crippen LogP contribution in [0.2, 0.25) is 5.02 Å². The fourth-order valence-electron chi connectivity index (χ4n) is 2.72. The van der Waals surface area contributed by atoms with Crippen molar-refractivity contribution < 1.29 is 15.0 Å². The number of carbonyl (C=O) groups is 1. The van der Waals surface area contributed by atoms with E-state index in [0.717, 1.165) is 11.1 Å². The Bertz CT molecular complexity index is 946. The van der Waals surface area contributed by atoms with E-state index in [0.29, 0.717) is 23.5 Å². The predicted molar refractivity (Wildman–Crippen MR) is 97.0 cm³/mol. The first kappa shape index (κ1) is 16.9. The number of halogens is 1. The Balaban J connectivity index is 2.13. The van der Waals surface area contributed by atoms with Gasteiger partial charge in [-0.1, -0.05) is 41.4 Å². The van der Waals surface area contributed by atoms with Crippen LogP contribution >= 0.6 is 11.6 Å². The number of aryl methyl sites for hydroxylation is 1. The summed E-state index contributed by atoms with van der Waals surface area (Å²) in [7, 11) is 0. The van der Waals surface area contributed by atoms with E-state index in [9.17, 15) is 15.0 Å². The van der Waals surface area contributed by atoms with Crippen LogP contribution in [0.4, 0.5) is 0 Å². The van der Waals surface area contributed by atoms with Crippen molar-refractivity contribution in [1.29, 1.82) is 0 Å². The molecule has 6 heteroatoms. The molecule has 1 heterocycles. The van der Waals surface area contributed by atoms with E-state index in [2.05, 4.69) is 0 Å². The van der Waals surface area contributed by atoms with E-state index in [4.69, 9.17) is 17.3 Å². The standard InChI is InChI=1S/C19H17ClN2O3/c1-11-2-4-12(5-3-11)10-22-15(6-7-16(22)19(21)25)13-8-14(20)18(24)9-17(13)23/h2-9,23-24H,10H2,1H3,(H2,21,25). The van der Waals surface area contributed by atoms with Crippen molar-refractivity contribution in [2.24, 2.45) is 5.73 Å². The topological polar surface area (TPSA) is 88.5 Å². The van der Waals surface area contributed by atoms with Crippen LogP contribution < -0.4 is 5.73 Å². The van der Waals surface area contributed by atoms with Gasteiger partial charge in [0.25, 0.3) is 5.91 Å². The van der Waals surface area contributed by atoms with Crippen LogP contribution in [0.25, 0.3) is 11.3 Å². The van der Waals surface area contributed by atoms with Crippen molar-refractivity contribution in [3.05, 3.63) is 70.4 Å². The first-order valence-corrected chi connectivity index (χ1v) is 8.01. The number of hydrogen-bond acceptors (Lipinski definition) is 3. The fraction of sp³-hybridized carbons (Fsp3) is 0.105. The molecule has 0 aliphatic carbocycles. The number of aromatic hydroxyl groups is 2. The second-order valence-corrected chi connectivity index (χ2v) is 6.27. The highest BCUT2D eigenvalue weighted by Crippen LogP contribution is 2.38. The van der Waals surface area contributed by atoms with E-state index in [1.165, 1.54) is 12.1 Å². The molecule has 0 aliphatic heterocycles. The summed E-state index contributed by atoms with van der Waals surface area (Å²) in [5.41, 5.74) is 8.90. The van der Waals surface area contributed by atoms with Gasteiger partial charge in [0.1, 0.15) is 17.2 Å². The number of benzene rings is 2. The molecule has 0 radical (unpaired) electrons.